The molecule has 2 aromatic rings. The lowest BCUT2D eigenvalue weighted by Crippen LogP contribution is -2.08. The van der Waals surface area contributed by atoms with Crippen molar-refractivity contribution in [2.45, 2.75) is 26.3 Å². The maximum absolute atomic E-state index is 11.6. The summed E-state index contributed by atoms with van der Waals surface area (Å²) in [5.74, 6) is 0. The van der Waals surface area contributed by atoms with Crippen molar-refractivity contribution in [1.82, 2.24) is 9.55 Å². The maximum Gasteiger partial charge on any atom is 0.190 e. The molecule has 4 heteroatoms. The van der Waals surface area contributed by atoms with Crippen LogP contribution >= 0.6 is 11.6 Å². The zero-order chi connectivity index (χ0) is 11.5. The fourth-order valence-electron chi connectivity index (χ4n) is 1.70. The van der Waals surface area contributed by atoms with Crippen LogP contribution in [-0.2, 0) is 6.54 Å². The van der Waals surface area contributed by atoms with E-state index in [1.165, 1.54) is 0 Å². The zero-order valence-electron chi connectivity index (χ0n) is 9.11. The average molecular weight is 237 g/mol. The van der Waals surface area contributed by atoms with Gasteiger partial charge in [0.1, 0.15) is 5.15 Å². The summed E-state index contributed by atoms with van der Waals surface area (Å²) in [7, 11) is 0. The van der Waals surface area contributed by atoms with Crippen LogP contribution in [0, 0.1) is 0 Å². The van der Waals surface area contributed by atoms with Crippen LogP contribution in [0.5, 0.6) is 0 Å². The van der Waals surface area contributed by atoms with Gasteiger partial charge in [0.15, 0.2) is 5.43 Å². The van der Waals surface area contributed by atoms with Gasteiger partial charge in [-0.3, -0.25) is 4.79 Å². The summed E-state index contributed by atoms with van der Waals surface area (Å²) < 4.78 is 2.05. The van der Waals surface area contributed by atoms with Crippen LogP contribution in [0.1, 0.15) is 19.8 Å². The number of hydrogen-bond donors (Lipinski definition) is 0. The van der Waals surface area contributed by atoms with Crippen molar-refractivity contribution in [3.05, 3.63) is 39.9 Å². The highest BCUT2D eigenvalue weighted by Gasteiger charge is 2.03. The van der Waals surface area contributed by atoms with Crippen molar-refractivity contribution in [2.24, 2.45) is 0 Å². The standard InChI is InChI=1S/C12H13ClN2O/c1-2-3-5-15-6-4-11(16)9-8-14-12(13)7-10(9)15/h4,6-8H,2-3,5H2,1H3. The summed E-state index contributed by atoms with van der Waals surface area (Å²) in [5.41, 5.74) is 0.855. The van der Waals surface area contributed by atoms with Crippen LogP contribution in [-0.4, -0.2) is 9.55 Å². The van der Waals surface area contributed by atoms with E-state index in [-0.39, 0.29) is 5.43 Å². The molecular formula is C12H13ClN2O. The smallest absolute Gasteiger partial charge is 0.190 e. The molecule has 16 heavy (non-hydrogen) atoms. The number of rotatable bonds is 3. The van der Waals surface area contributed by atoms with Crippen LogP contribution in [0.4, 0.5) is 0 Å². The van der Waals surface area contributed by atoms with Gasteiger partial charge >= 0.3 is 0 Å². The first-order chi connectivity index (χ1) is 7.72. The summed E-state index contributed by atoms with van der Waals surface area (Å²) in [6.45, 7) is 3.03. The van der Waals surface area contributed by atoms with Crippen molar-refractivity contribution in [1.29, 1.82) is 0 Å². The Bertz CT molecular complexity index is 562. The van der Waals surface area contributed by atoms with Crippen molar-refractivity contribution in [2.75, 3.05) is 0 Å². The highest BCUT2D eigenvalue weighted by atomic mass is 35.5. The molecule has 3 nitrogen and oxygen atoms in total. The Hall–Kier alpha value is -1.35. The number of fused-ring (bicyclic) bond motifs is 1. The first-order valence-corrected chi connectivity index (χ1v) is 5.75. The fraction of sp³-hybridized carbons (Fsp3) is 0.333. The zero-order valence-corrected chi connectivity index (χ0v) is 9.87. The molecule has 0 saturated carbocycles. The van der Waals surface area contributed by atoms with E-state index >= 15 is 0 Å². The largest absolute Gasteiger partial charge is 0.347 e. The second-order valence-electron chi connectivity index (χ2n) is 3.75. The van der Waals surface area contributed by atoms with Crippen molar-refractivity contribution >= 4 is 22.5 Å². The van der Waals surface area contributed by atoms with Crippen LogP contribution in [0.25, 0.3) is 10.9 Å². The molecule has 2 aromatic heterocycles. The van der Waals surface area contributed by atoms with Gasteiger partial charge in [-0.2, -0.15) is 0 Å². The predicted molar refractivity (Wildman–Crippen MR) is 65.9 cm³/mol. The molecular weight excluding hydrogens is 224 g/mol. The molecule has 0 atom stereocenters. The van der Waals surface area contributed by atoms with E-state index in [2.05, 4.69) is 11.9 Å². The summed E-state index contributed by atoms with van der Waals surface area (Å²) >= 11 is 5.85. The second-order valence-corrected chi connectivity index (χ2v) is 4.14. The van der Waals surface area contributed by atoms with Gasteiger partial charge in [0.25, 0.3) is 0 Å². The molecule has 0 aliphatic rings. The Kier molecular flexibility index (Phi) is 3.25. The van der Waals surface area contributed by atoms with Gasteiger partial charge in [0, 0.05) is 25.0 Å². The van der Waals surface area contributed by atoms with Crippen LogP contribution in [0.2, 0.25) is 5.15 Å². The molecule has 0 aliphatic carbocycles. The molecule has 2 heterocycles. The van der Waals surface area contributed by atoms with Gasteiger partial charge in [0.2, 0.25) is 0 Å². The number of halogens is 1. The normalized spacial score (nSPS) is 10.9. The Balaban J connectivity index is 2.61. The topological polar surface area (TPSA) is 34.9 Å². The first-order valence-electron chi connectivity index (χ1n) is 5.37. The molecule has 0 radical (unpaired) electrons. The van der Waals surface area contributed by atoms with Gasteiger partial charge in [-0.05, 0) is 12.5 Å². The number of pyridine rings is 2. The maximum atomic E-state index is 11.6. The Morgan fingerprint density at radius 1 is 1.50 bits per heavy atom. The summed E-state index contributed by atoms with van der Waals surface area (Å²) in [5, 5.41) is 1.05. The third-order valence-corrected chi connectivity index (χ3v) is 2.79. The number of nitrogens with zero attached hydrogens (tertiary/aromatic N) is 2. The predicted octanol–water partition coefficient (Wildman–Crippen LogP) is 2.85. The minimum absolute atomic E-state index is 0.00749. The Morgan fingerprint density at radius 3 is 3.06 bits per heavy atom. The molecule has 0 spiro atoms. The molecule has 0 amide bonds. The quantitative estimate of drug-likeness (QED) is 0.768. The molecule has 0 saturated heterocycles. The molecule has 2 rings (SSSR count). The van der Waals surface area contributed by atoms with Gasteiger partial charge in [-0.25, -0.2) is 4.98 Å². The third-order valence-electron chi connectivity index (χ3n) is 2.58. The van der Waals surface area contributed by atoms with Gasteiger partial charge < -0.3 is 4.57 Å². The fourth-order valence-corrected chi connectivity index (χ4v) is 1.85. The molecule has 0 N–H and O–H groups in total. The Morgan fingerprint density at radius 2 is 2.31 bits per heavy atom. The number of unbranched alkanes of at least 4 members (excludes halogenated alkanes) is 1. The average Bonchev–Trinajstić information content (AvgIpc) is 2.28. The lowest BCUT2D eigenvalue weighted by molar-refractivity contribution is 0.646. The minimum Gasteiger partial charge on any atom is -0.347 e. The van der Waals surface area contributed by atoms with Crippen molar-refractivity contribution in [3.8, 4) is 0 Å². The molecule has 0 aliphatic heterocycles. The van der Waals surface area contributed by atoms with E-state index in [1.807, 2.05) is 10.8 Å². The summed E-state index contributed by atoms with van der Waals surface area (Å²) in [4.78, 5) is 15.6. The van der Waals surface area contributed by atoms with E-state index in [0.29, 0.717) is 10.5 Å². The summed E-state index contributed by atoms with van der Waals surface area (Å²) in [6, 6.07) is 3.32. The number of aryl methyl sites for hydroxylation is 1. The highest BCUT2D eigenvalue weighted by Crippen LogP contribution is 2.14. The molecule has 0 unspecified atom stereocenters. The molecule has 0 bridgehead atoms. The third kappa shape index (κ3) is 2.09. The van der Waals surface area contributed by atoms with E-state index in [1.54, 1.807) is 18.3 Å². The van der Waals surface area contributed by atoms with Crippen LogP contribution < -0.4 is 5.43 Å². The second kappa shape index (κ2) is 4.66. The molecule has 0 fully saturated rings. The van der Waals surface area contributed by atoms with Crippen molar-refractivity contribution < 1.29 is 0 Å². The van der Waals surface area contributed by atoms with Gasteiger partial charge in [-0.1, -0.05) is 24.9 Å². The molecule has 0 aromatic carbocycles. The van der Waals surface area contributed by atoms with Crippen LogP contribution in [0.3, 0.4) is 0 Å². The Labute approximate surface area is 98.7 Å². The lowest BCUT2D eigenvalue weighted by atomic mass is 10.2. The summed E-state index contributed by atoms with van der Waals surface area (Å²) in [6.07, 6.45) is 5.56. The lowest BCUT2D eigenvalue weighted by Gasteiger charge is -2.09. The highest BCUT2D eigenvalue weighted by molar-refractivity contribution is 6.29. The van der Waals surface area contributed by atoms with Gasteiger partial charge in [-0.15, -0.1) is 0 Å². The van der Waals surface area contributed by atoms with Gasteiger partial charge in [0.05, 0.1) is 10.9 Å². The monoisotopic (exact) mass is 236 g/mol. The minimum atomic E-state index is -0.00749. The van der Waals surface area contributed by atoms with E-state index in [4.69, 9.17) is 11.6 Å². The SMILES string of the molecule is CCCCn1ccc(=O)c2cnc(Cl)cc21. The van der Waals surface area contributed by atoms with E-state index in [9.17, 15) is 4.79 Å². The number of hydrogen-bond acceptors (Lipinski definition) is 2. The first kappa shape index (κ1) is 11.1. The molecule has 84 valence electrons. The van der Waals surface area contributed by atoms with Crippen LogP contribution in [0.15, 0.2) is 29.3 Å². The van der Waals surface area contributed by atoms with Crippen molar-refractivity contribution in [3.63, 3.8) is 0 Å². The van der Waals surface area contributed by atoms with E-state index in [0.717, 1.165) is 24.9 Å². The van der Waals surface area contributed by atoms with E-state index < -0.39 is 0 Å². The number of aromatic nitrogens is 2.